The number of ether oxygens (including phenoxy) is 1. The van der Waals surface area contributed by atoms with Crippen molar-refractivity contribution in [2.75, 3.05) is 13.7 Å². The van der Waals surface area contributed by atoms with Crippen LogP contribution in [-0.4, -0.2) is 30.8 Å². The molecule has 0 saturated carbocycles. The smallest absolute Gasteiger partial charge is 0.338 e. The summed E-state index contributed by atoms with van der Waals surface area (Å²) in [6.07, 6.45) is 1.36. The van der Waals surface area contributed by atoms with Crippen LogP contribution >= 0.6 is 0 Å². The van der Waals surface area contributed by atoms with E-state index < -0.39 is 5.97 Å². The van der Waals surface area contributed by atoms with Crippen LogP contribution in [0.1, 0.15) is 23.0 Å². The topological polar surface area (TPSA) is 71.7 Å². The number of hydrogen-bond donors (Lipinski definition) is 2. The van der Waals surface area contributed by atoms with Crippen molar-refractivity contribution >= 4 is 5.97 Å². The van der Waals surface area contributed by atoms with E-state index in [2.05, 4.69) is 5.32 Å². The predicted octanol–water partition coefficient (Wildman–Crippen LogP) is 1.10. The van der Waals surface area contributed by atoms with E-state index in [-0.39, 0.29) is 11.7 Å². The summed E-state index contributed by atoms with van der Waals surface area (Å²) in [5.41, 5.74) is 0.173. The zero-order valence-electron chi connectivity index (χ0n) is 8.82. The number of aromatic carboxylic acids is 1. The number of carboxylic acid groups (broad SMARTS) is 1. The molecule has 2 N–H and O–H groups in total. The van der Waals surface area contributed by atoms with E-state index in [1.165, 1.54) is 12.3 Å². The summed E-state index contributed by atoms with van der Waals surface area (Å²) in [4.78, 5) is 10.5. The maximum atomic E-state index is 10.5. The molecule has 0 aliphatic carbocycles. The van der Waals surface area contributed by atoms with Crippen LogP contribution in [0.5, 0.6) is 0 Å². The number of furan rings is 1. The maximum Gasteiger partial charge on any atom is 0.338 e. The summed E-state index contributed by atoms with van der Waals surface area (Å²) in [6.45, 7) is 3.14. The Morgan fingerprint density at radius 1 is 1.73 bits per heavy atom. The van der Waals surface area contributed by atoms with Crippen molar-refractivity contribution in [3.05, 3.63) is 23.7 Å². The molecule has 5 nitrogen and oxygen atoms in total. The van der Waals surface area contributed by atoms with Gasteiger partial charge in [0.2, 0.25) is 0 Å². The fraction of sp³-hybridized carbons (Fsp3) is 0.500. The Morgan fingerprint density at radius 2 is 2.47 bits per heavy atom. The van der Waals surface area contributed by atoms with Crippen LogP contribution in [0.25, 0.3) is 0 Å². The van der Waals surface area contributed by atoms with Gasteiger partial charge in [-0.05, 0) is 13.0 Å². The second-order valence-electron chi connectivity index (χ2n) is 3.28. The average molecular weight is 213 g/mol. The number of rotatable bonds is 6. The minimum Gasteiger partial charge on any atom is -0.478 e. The van der Waals surface area contributed by atoms with Crippen molar-refractivity contribution in [3.63, 3.8) is 0 Å². The van der Waals surface area contributed by atoms with Crippen molar-refractivity contribution < 1.29 is 19.1 Å². The molecule has 0 aromatic carbocycles. The first-order chi connectivity index (χ1) is 7.13. The van der Waals surface area contributed by atoms with E-state index >= 15 is 0 Å². The van der Waals surface area contributed by atoms with Gasteiger partial charge in [-0.1, -0.05) is 0 Å². The van der Waals surface area contributed by atoms with Crippen molar-refractivity contribution in [2.45, 2.75) is 19.6 Å². The highest BCUT2D eigenvalue weighted by Crippen LogP contribution is 2.07. The van der Waals surface area contributed by atoms with E-state index in [1.807, 2.05) is 6.92 Å². The molecule has 1 heterocycles. The SMILES string of the molecule is COC(C)CNCc1cc(C(=O)O)co1. The molecule has 1 aromatic heterocycles. The minimum absolute atomic E-state index is 0.124. The number of carbonyl (C=O) groups is 1. The third kappa shape index (κ3) is 3.73. The highest BCUT2D eigenvalue weighted by molar-refractivity contribution is 5.87. The number of methoxy groups -OCH3 is 1. The van der Waals surface area contributed by atoms with Crippen LogP contribution in [0, 0.1) is 0 Å². The molecule has 0 saturated heterocycles. The maximum absolute atomic E-state index is 10.5. The highest BCUT2D eigenvalue weighted by Gasteiger charge is 2.07. The molecule has 1 atom stereocenters. The molecule has 0 radical (unpaired) electrons. The van der Waals surface area contributed by atoms with E-state index in [4.69, 9.17) is 14.3 Å². The van der Waals surface area contributed by atoms with Gasteiger partial charge in [0.15, 0.2) is 0 Å². The summed E-state index contributed by atoms with van der Waals surface area (Å²) >= 11 is 0. The average Bonchev–Trinajstić information content (AvgIpc) is 2.66. The lowest BCUT2D eigenvalue weighted by Gasteiger charge is -2.09. The van der Waals surface area contributed by atoms with Gasteiger partial charge in [0.1, 0.15) is 12.0 Å². The Kier molecular flexibility index (Phi) is 4.33. The summed E-state index contributed by atoms with van der Waals surface area (Å²) in [5.74, 6) is -0.369. The second-order valence-corrected chi connectivity index (χ2v) is 3.28. The van der Waals surface area contributed by atoms with Gasteiger partial charge in [0.25, 0.3) is 0 Å². The van der Waals surface area contributed by atoms with Gasteiger partial charge in [-0.15, -0.1) is 0 Å². The van der Waals surface area contributed by atoms with Gasteiger partial charge in [-0.25, -0.2) is 4.79 Å². The molecule has 1 aromatic rings. The van der Waals surface area contributed by atoms with E-state index in [0.717, 1.165) is 0 Å². The Labute approximate surface area is 88.0 Å². The van der Waals surface area contributed by atoms with Crippen LogP contribution < -0.4 is 5.32 Å². The van der Waals surface area contributed by atoms with Crippen molar-refractivity contribution in [3.8, 4) is 0 Å². The molecule has 84 valence electrons. The third-order valence-corrected chi connectivity index (χ3v) is 2.03. The standard InChI is InChI=1S/C10H15NO4/c1-7(14-2)4-11-5-9-3-8(6-15-9)10(12)13/h3,6-7,11H,4-5H2,1-2H3,(H,12,13). The lowest BCUT2D eigenvalue weighted by Crippen LogP contribution is -2.25. The molecular weight excluding hydrogens is 198 g/mol. The highest BCUT2D eigenvalue weighted by atomic mass is 16.5. The molecule has 15 heavy (non-hydrogen) atoms. The number of nitrogens with one attached hydrogen (secondary N) is 1. The van der Waals surface area contributed by atoms with Crippen LogP contribution in [0.15, 0.2) is 16.7 Å². The van der Waals surface area contributed by atoms with Crippen molar-refractivity contribution in [1.29, 1.82) is 0 Å². The Balaban J connectivity index is 2.35. The fourth-order valence-corrected chi connectivity index (χ4v) is 1.07. The summed E-state index contributed by atoms with van der Waals surface area (Å²) in [7, 11) is 1.64. The first-order valence-electron chi connectivity index (χ1n) is 4.67. The predicted molar refractivity (Wildman–Crippen MR) is 53.8 cm³/mol. The molecule has 0 fully saturated rings. The van der Waals surface area contributed by atoms with Gasteiger partial charge >= 0.3 is 5.97 Å². The Morgan fingerprint density at radius 3 is 3.00 bits per heavy atom. The first-order valence-corrected chi connectivity index (χ1v) is 4.67. The second kappa shape index (κ2) is 5.53. The third-order valence-electron chi connectivity index (χ3n) is 2.03. The monoisotopic (exact) mass is 213 g/mol. The van der Waals surface area contributed by atoms with Gasteiger partial charge in [-0.3, -0.25) is 0 Å². The zero-order chi connectivity index (χ0) is 11.3. The minimum atomic E-state index is -0.977. The first kappa shape index (κ1) is 11.7. The molecule has 0 spiro atoms. The lowest BCUT2D eigenvalue weighted by molar-refractivity contribution is 0.0696. The zero-order valence-corrected chi connectivity index (χ0v) is 8.82. The van der Waals surface area contributed by atoms with Gasteiger partial charge in [-0.2, -0.15) is 0 Å². The summed E-state index contributed by atoms with van der Waals surface area (Å²) in [5, 5.41) is 11.7. The fourth-order valence-electron chi connectivity index (χ4n) is 1.07. The van der Waals surface area contributed by atoms with Crippen molar-refractivity contribution in [1.82, 2.24) is 5.32 Å². The molecule has 1 unspecified atom stereocenters. The largest absolute Gasteiger partial charge is 0.478 e. The number of hydrogen-bond acceptors (Lipinski definition) is 4. The summed E-state index contributed by atoms with van der Waals surface area (Å²) < 4.78 is 10.1. The molecule has 0 bridgehead atoms. The number of carboxylic acids is 1. The van der Waals surface area contributed by atoms with Crippen molar-refractivity contribution in [2.24, 2.45) is 0 Å². The molecule has 0 aliphatic heterocycles. The van der Waals surface area contributed by atoms with Crippen LogP contribution in [0.3, 0.4) is 0 Å². The van der Waals surface area contributed by atoms with Crippen LogP contribution in [-0.2, 0) is 11.3 Å². The molecule has 0 aliphatic rings. The lowest BCUT2D eigenvalue weighted by atomic mass is 10.3. The Bertz CT molecular complexity index is 321. The van der Waals surface area contributed by atoms with E-state index in [1.54, 1.807) is 7.11 Å². The summed E-state index contributed by atoms with van der Waals surface area (Å²) in [6, 6.07) is 1.51. The van der Waals surface area contributed by atoms with Gasteiger partial charge in [0, 0.05) is 13.7 Å². The molecule has 1 rings (SSSR count). The normalized spacial score (nSPS) is 12.7. The Hall–Kier alpha value is -1.33. The van der Waals surface area contributed by atoms with Gasteiger partial charge < -0.3 is 19.6 Å². The van der Waals surface area contributed by atoms with Crippen LogP contribution in [0.2, 0.25) is 0 Å². The van der Waals surface area contributed by atoms with E-state index in [9.17, 15) is 4.79 Å². The quantitative estimate of drug-likeness (QED) is 0.740. The molecular formula is C10H15NO4. The molecule has 0 amide bonds. The van der Waals surface area contributed by atoms with Gasteiger partial charge in [0.05, 0.1) is 18.2 Å². The van der Waals surface area contributed by atoms with E-state index in [0.29, 0.717) is 18.8 Å². The molecule has 5 heteroatoms. The van der Waals surface area contributed by atoms with Crippen LogP contribution in [0.4, 0.5) is 0 Å².